The molecule has 16 heavy (non-hydrogen) atoms. The van der Waals surface area contributed by atoms with Crippen molar-refractivity contribution in [3.63, 3.8) is 0 Å². The van der Waals surface area contributed by atoms with E-state index >= 15 is 0 Å². The molecule has 0 bridgehead atoms. The average molecular weight is 237 g/mol. The Morgan fingerprint density at radius 3 is 2.75 bits per heavy atom. The van der Waals surface area contributed by atoms with Crippen LogP contribution < -0.4 is 5.32 Å². The number of benzene rings is 1. The fraction of sp³-hybridized carbons (Fsp3) is 0.571. The Bertz CT molecular complexity index is 299. The topological polar surface area (TPSA) is 12.0 Å². The van der Waals surface area contributed by atoms with Crippen molar-refractivity contribution in [3.05, 3.63) is 29.8 Å². The molecule has 0 saturated carbocycles. The minimum absolute atomic E-state index is 0.655. The van der Waals surface area contributed by atoms with Crippen LogP contribution in [0.5, 0.6) is 0 Å². The second-order valence-electron chi connectivity index (χ2n) is 4.26. The monoisotopic (exact) mass is 237 g/mol. The minimum Gasteiger partial charge on any atom is -0.313 e. The van der Waals surface area contributed by atoms with Gasteiger partial charge in [-0.25, -0.2) is 0 Å². The molecule has 0 aromatic heterocycles. The van der Waals surface area contributed by atoms with E-state index in [-0.39, 0.29) is 0 Å². The SMILES string of the molecule is CCCC(C)NCCSc1ccccc1C. The third-order valence-corrected chi connectivity index (χ3v) is 3.85. The average Bonchev–Trinajstić information content (AvgIpc) is 2.27. The number of hydrogen-bond donors (Lipinski definition) is 1. The van der Waals surface area contributed by atoms with Gasteiger partial charge < -0.3 is 5.32 Å². The summed E-state index contributed by atoms with van der Waals surface area (Å²) >= 11 is 1.94. The Morgan fingerprint density at radius 1 is 1.31 bits per heavy atom. The van der Waals surface area contributed by atoms with Crippen LogP contribution in [-0.4, -0.2) is 18.3 Å². The molecule has 0 aliphatic rings. The van der Waals surface area contributed by atoms with E-state index < -0.39 is 0 Å². The molecule has 0 fully saturated rings. The standard InChI is InChI=1S/C14H23NS/c1-4-7-13(3)15-10-11-16-14-9-6-5-8-12(14)2/h5-6,8-9,13,15H,4,7,10-11H2,1-3H3. The number of aryl methyl sites for hydroxylation is 1. The van der Waals surface area contributed by atoms with Crippen molar-refractivity contribution in [2.45, 2.75) is 44.6 Å². The molecule has 0 amide bonds. The van der Waals surface area contributed by atoms with Gasteiger partial charge in [0, 0.05) is 23.2 Å². The summed E-state index contributed by atoms with van der Waals surface area (Å²) < 4.78 is 0. The molecule has 0 aliphatic carbocycles. The highest BCUT2D eigenvalue weighted by molar-refractivity contribution is 7.99. The summed E-state index contributed by atoms with van der Waals surface area (Å²) in [6, 6.07) is 9.25. The van der Waals surface area contributed by atoms with Crippen molar-refractivity contribution >= 4 is 11.8 Å². The number of hydrogen-bond acceptors (Lipinski definition) is 2. The van der Waals surface area contributed by atoms with Gasteiger partial charge >= 0.3 is 0 Å². The van der Waals surface area contributed by atoms with Gasteiger partial charge in [0.05, 0.1) is 0 Å². The first-order valence-corrected chi connectivity index (χ1v) is 7.14. The molecule has 1 nitrogen and oxygen atoms in total. The summed E-state index contributed by atoms with van der Waals surface area (Å²) in [4.78, 5) is 1.41. The fourth-order valence-electron chi connectivity index (χ4n) is 1.72. The second-order valence-corrected chi connectivity index (χ2v) is 5.39. The van der Waals surface area contributed by atoms with Crippen molar-refractivity contribution in [2.75, 3.05) is 12.3 Å². The lowest BCUT2D eigenvalue weighted by Gasteiger charge is -2.12. The molecule has 90 valence electrons. The van der Waals surface area contributed by atoms with Crippen LogP contribution in [0.25, 0.3) is 0 Å². The van der Waals surface area contributed by atoms with E-state index in [1.807, 2.05) is 11.8 Å². The second kappa shape index (κ2) is 7.75. The van der Waals surface area contributed by atoms with Crippen LogP contribution in [-0.2, 0) is 0 Å². The molecule has 0 saturated heterocycles. The van der Waals surface area contributed by atoms with Crippen molar-refractivity contribution in [2.24, 2.45) is 0 Å². The predicted octanol–water partition coefficient (Wildman–Crippen LogP) is 3.87. The predicted molar refractivity (Wildman–Crippen MR) is 74.3 cm³/mol. The smallest absolute Gasteiger partial charge is 0.0106 e. The summed E-state index contributed by atoms with van der Waals surface area (Å²) in [5, 5.41) is 3.55. The Hall–Kier alpha value is -0.470. The lowest BCUT2D eigenvalue weighted by atomic mass is 10.2. The van der Waals surface area contributed by atoms with E-state index in [0.717, 1.165) is 12.3 Å². The molecule has 1 rings (SSSR count). The summed E-state index contributed by atoms with van der Waals surface area (Å²) in [5.41, 5.74) is 1.38. The Kier molecular flexibility index (Phi) is 6.58. The number of rotatable bonds is 7. The molecular weight excluding hydrogens is 214 g/mol. The van der Waals surface area contributed by atoms with E-state index in [1.165, 1.54) is 23.3 Å². The van der Waals surface area contributed by atoms with Crippen molar-refractivity contribution in [1.82, 2.24) is 5.32 Å². The molecule has 0 aliphatic heterocycles. The first-order chi connectivity index (χ1) is 7.74. The first-order valence-electron chi connectivity index (χ1n) is 6.16. The highest BCUT2D eigenvalue weighted by Gasteiger charge is 2.00. The summed E-state index contributed by atoms with van der Waals surface area (Å²) in [7, 11) is 0. The molecule has 1 aromatic carbocycles. The quantitative estimate of drug-likeness (QED) is 0.571. The maximum Gasteiger partial charge on any atom is 0.0106 e. The van der Waals surface area contributed by atoms with E-state index in [9.17, 15) is 0 Å². The van der Waals surface area contributed by atoms with Gasteiger partial charge in [0.2, 0.25) is 0 Å². The first kappa shape index (κ1) is 13.6. The van der Waals surface area contributed by atoms with Gasteiger partial charge in [0.15, 0.2) is 0 Å². The minimum atomic E-state index is 0.655. The lowest BCUT2D eigenvalue weighted by molar-refractivity contribution is 0.526. The van der Waals surface area contributed by atoms with Crippen LogP contribution in [0.1, 0.15) is 32.3 Å². The van der Waals surface area contributed by atoms with Gasteiger partial charge in [-0.15, -0.1) is 11.8 Å². The van der Waals surface area contributed by atoms with E-state index in [0.29, 0.717) is 6.04 Å². The third kappa shape index (κ3) is 5.04. The van der Waals surface area contributed by atoms with Gasteiger partial charge in [-0.05, 0) is 31.9 Å². The van der Waals surface area contributed by atoms with E-state index in [4.69, 9.17) is 0 Å². The maximum absolute atomic E-state index is 3.55. The molecule has 1 aromatic rings. The van der Waals surface area contributed by atoms with Gasteiger partial charge in [-0.1, -0.05) is 31.5 Å². The van der Waals surface area contributed by atoms with Crippen molar-refractivity contribution in [3.8, 4) is 0 Å². The van der Waals surface area contributed by atoms with E-state index in [2.05, 4.69) is 50.4 Å². The van der Waals surface area contributed by atoms with E-state index in [1.54, 1.807) is 0 Å². The molecule has 2 heteroatoms. The van der Waals surface area contributed by atoms with Gasteiger partial charge in [0.25, 0.3) is 0 Å². The van der Waals surface area contributed by atoms with Crippen molar-refractivity contribution < 1.29 is 0 Å². The molecule has 0 radical (unpaired) electrons. The molecule has 1 N–H and O–H groups in total. The zero-order valence-electron chi connectivity index (χ0n) is 10.6. The molecule has 1 atom stereocenters. The zero-order valence-corrected chi connectivity index (χ0v) is 11.4. The molecule has 1 unspecified atom stereocenters. The zero-order chi connectivity index (χ0) is 11.8. The Balaban J connectivity index is 2.19. The molecule has 0 heterocycles. The van der Waals surface area contributed by atoms with Gasteiger partial charge in [-0.3, -0.25) is 0 Å². The van der Waals surface area contributed by atoms with Crippen LogP contribution in [0.3, 0.4) is 0 Å². The highest BCUT2D eigenvalue weighted by atomic mass is 32.2. The van der Waals surface area contributed by atoms with Crippen LogP contribution >= 0.6 is 11.8 Å². The summed E-state index contributed by atoms with van der Waals surface area (Å²) in [6.45, 7) is 7.78. The van der Waals surface area contributed by atoms with Gasteiger partial charge in [-0.2, -0.15) is 0 Å². The summed E-state index contributed by atoms with van der Waals surface area (Å²) in [5.74, 6) is 1.15. The fourth-order valence-corrected chi connectivity index (χ4v) is 2.63. The van der Waals surface area contributed by atoms with Crippen LogP contribution in [0.2, 0.25) is 0 Å². The molecule has 0 spiro atoms. The van der Waals surface area contributed by atoms with Crippen LogP contribution in [0, 0.1) is 6.92 Å². The lowest BCUT2D eigenvalue weighted by Crippen LogP contribution is -2.27. The van der Waals surface area contributed by atoms with Crippen LogP contribution in [0.4, 0.5) is 0 Å². The summed E-state index contributed by atoms with van der Waals surface area (Å²) in [6.07, 6.45) is 2.54. The maximum atomic E-state index is 3.55. The Labute approximate surface area is 104 Å². The Morgan fingerprint density at radius 2 is 2.06 bits per heavy atom. The number of nitrogens with one attached hydrogen (secondary N) is 1. The normalized spacial score (nSPS) is 12.7. The number of thioether (sulfide) groups is 1. The van der Waals surface area contributed by atoms with Gasteiger partial charge in [0.1, 0.15) is 0 Å². The van der Waals surface area contributed by atoms with Crippen molar-refractivity contribution in [1.29, 1.82) is 0 Å². The third-order valence-electron chi connectivity index (χ3n) is 2.67. The van der Waals surface area contributed by atoms with Crippen LogP contribution in [0.15, 0.2) is 29.2 Å². The molecular formula is C14H23NS. The highest BCUT2D eigenvalue weighted by Crippen LogP contribution is 2.20. The largest absolute Gasteiger partial charge is 0.313 e.